The van der Waals surface area contributed by atoms with Crippen LogP contribution in [0.3, 0.4) is 0 Å². The van der Waals surface area contributed by atoms with Crippen LogP contribution < -0.4 is 0 Å². The van der Waals surface area contributed by atoms with Gasteiger partial charge in [-0.2, -0.15) is 0 Å². The number of benzene rings is 2. The Bertz CT molecular complexity index is 668. The van der Waals surface area contributed by atoms with Crippen molar-refractivity contribution in [1.82, 2.24) is 0 Å². The fraction of sp³-hybridized carbons (Fsp3) is 0.286. The number of nitrogens with zero attached hydrogens (tertiary/aromatic N) is 1. The van der Waals surface area contributed by atoms with Crippen molar-refractivity contribution in [2.75, 3.05) is 0 Å². The van der Waals surface area contributed by atoms with Gasteiger partial charge in [-0.3, -0.25) is 0 Å². The Morgan fingerprint density at radius 1 is 0.870 bits per heavy atom. The molecule has 0 aliphatic heterocycles. The van der Waals surface area contributed by atoms with Gasteiger partial charge in [0, 0.05) is 24.5 Å². The Balaban J connectivity index is 1.95. The lowest BCUT2D eigenvalue weighted by Gasteiger charge is -2.22. The van der Waals surface area contributed by atoms with E-state index in [0.717, 1.165) is 42.5 Å². The largest absolute Gasteiger partial charge is 0.623 e. The lowest BCUT2D eigenvalue weighted by Crippen LogP contribution is -2.29. The monoisotopic (exact) mass is 305 g/mol. The summed E-state index contributed by atoms with van der Waals surface area (Å²) in [6.07, 6.45) is 9.56. The summed E-state index contributed by atoms with van der Waals surface area (Å²) in [6.45, 7) is 0. The van der Waals surface area contributed by atoms with Gasteiger partial charge in [-0.15, -0.1) is 0 Å². The Labute approximate surface area is 138 Å². The van der Waals surface area contributed by atoms with E-state index in [0.29, 0.717) is 0 Å². The first-order valence-electron chi connectivity index (χ1n) is 8.46. The molecular formula is C21H23NO. The predicted molar refractivity (Wildman–Crippen MR) is 96.5 cm³/mol. The van der Waals surface area contributed by atoms with Crippen molar-refractivity contribution in [2.24, 2.45) is 0 Å². The van der Waals surface area contributed by atoms with E-state index in [1.165, 1.54) is 11.2 Å². The van der Waals surface area contributed by atoms with E-state index >= 15 is 0 Å². The quantitative estimate of drug-likeness (QED) is 0.336. The van der Waals surface area contributed by atoms with E-state index in [1.807, 2.05) is 60.7 Å². The summed E-state index contributed by atoms with van der Waals surface area (Å²) in [5.74, 6) is 0. The van der Waals surface area contributed by atoms with Crippen molar-refractivity contribution in [2.45, 2.75) is 38.1 Å². The van der Waals surface area contributed by atoms with Crippen LogP contribution in [0.1, 0.15) is 43.2 Å². The highest BCUT2D eigenvalue weighted by Crippen LogP contribution is 2.21. The van der Waals surface area contributed by atoms with Gasteiger partial charge in [-0.1, -0.05) is 55.0 Å². The third-order valence-corrected chi connectivity index (χ3v) is 4.45. The van der Waals surface area contributed by atoms with Gasteiger partial charge < -0.3 is 5.21 Å². The van der Waals surface area contributed by atoms with Gasteiger partial charge in [-0.05, 0) is 36.6 Å². The highest BCUT2D eigenvalue weighted by molar-refractivity contribution is 6.07. The number of hydrogen-bond acceptors (Lipinski definition) is 1. The molecule has 3 rings (SSSR count). The third kappa shape index (κ3) is 4.10. The lowest BCUT2D eigenvalue weighted by atomic mass is 9.95. The molecule has 0 atom stereocenters. The normalized spacial score (nSPS) is 17.2. The maximum atomic E-state index is 12.9. The Morgan fingerprint density at radius 3 is 2.13 bits per heavy atom. The molecule has 0 radical (unpaired) electrons. The predicted octanol–water partition coefficient (Wildman–Crippen LogP) is 5.03. The van der Waals surface area contributed by atoms with Crippen LogP contribution >= 0.6 is 0 Å². The second-order valence-corrected chi connectivity index (χ2v) is 6.11. The molecule has 1 aliphatic carbocycles. The van der Waals surface area contributed by atoms with Crippen molar-refractivity contribution >= 4 is 11.8 Å². The van der Waals surface area contributed by atoms with Gasteiger partial charge in [0.2, 0.25) is 5.71 Å². The van der Waals surface area contributed by atoms with Gasteiger partial charge in [0.25, 0.3) is 0 Å². The van der Waals surface area contributed by atoms with Crippen molar-refractivity contribution < 1.29 is 4.74 Å². The van der Waals surface area contributed by atoms with Crippen LogP contribution in [0.4, 0.5) is 0 Å². The zero-order chi connectivity index (χ0) is 15.9. The maximum Gasteiger partial charge on any atom is 0.218 e. The molecule has 2 heteroatoms. The van der Waals surface area contributed by atoms with Gasteiger partial charge in [0.1, 0.15) is 0 Å². The van der Waals surface area contributed by atoms with Gasteiger partial charge in [0.15, 0.2) is 6.04 Å². The van der Waals surface area contributed by atoms with Crippen LogP contribution in [0.25, 0.3) is 6.08 Å². The minimum Gasteiger partial charge on any atom is -0.623 e. The second-order valence-electron chi connectivity index (χ2n) is 6.11. The van der Waals surface area contributed by atoms with Crippen LogP contribution in [-0.2, 0) is 0 Å². The van der Waals surface area contributed by atoms with Crippen LogP contribution in [0.15, 0.2) is 66.7 Å². The minimum absolute atomic E-state index is 0.111. The van der Waals surface area contributed by atoms with Gasteiger partial charge in [0.05, 0.1) is 0 Å². The van der Waals surface area contributed by atoms with Crippen LogP contribution in [0.2, 0.25) is 0 Å². The molecule has 0 unspecified atom stereocenters. The van der Waals surface area contributed by atoms with E-state index in [2.05, 4.69) is 12.1 Å². The van der Waals surface area contributed by atoms with Crippen molar-refractivity contribution in [3.63, 3.8) is 0 Å². The molecule has 0 saturated heterocycles. The van der Waals surface area contributed by atoms with Crippen LogP contribution in [-0.4, -0.2) is 16.5 Å². The smallest absolute Gasteiger partial charge is 0.218 e. The molecule has 2 nitrogen and oxygen atoms in total. The van der Waals surface area contributed by atoms with Crippen molar-refractivity contribution in [3.05, 3.63) is 83.1 Å². The molecule has 0 aromatic heterocycles. The second kappa shape index (κ2) is 7.77. The molecule has 1 aliphatic rings. The molecule has 2 aromatic rings. The number of allylic oxidation sites excluding steroid dienone is 1. The molecule has 2 aromatic carbocycles. The average Bonchev–Trinajstić information content (AvgIpc) is 2.64. The van der Waals surface area contributed by atoms with Gasteiger partial charge >= 0.3 is 0 Å². The van der Waals surface area contributed by atoms with Crippen LogP contribution in [0, 0.1) is 5.21 Å². The fourth-order valence-corrected chi connectivity index (χ4v) is 3.16. The first kappa shape index (κ1) is 15.5. The van der Waals surface area contributed by atoms with E-state index in [1.54, 1.807) is 0 Å². The van der Waals surface area contributed by atoms with E-state index < -0.39 is 0 Å². The molecule has 0 heterocycles. The standard InChI is InChI=1S/C21H23NO/c23-22(20-14-8-3-9-15-20)21(19-12-6-2-7-13-19)17-16-18-10-4-1-5-11-18/h1-2,4-7,10-13,16-17,20H,3,8-9,14-15H2/b17-16+,22-21+. The first-order valence-corrected chi connectivity index (χ1v) is 8.46. The zero-order valence-electron chi connectivity index (χ0n) is 13.4. The number of hydroxylamine groups is 1. The molecule has 23 heavy (non-hydrogen) atoms. The Kier molecular flexibility index (Phi) is 5.25. The molecule has 118 valence electrons. The highest BCUT2D eigenvalue weighted by atomic mass is 16.5. The topological polar surface area (TPSA) is 26.1 Å². The van der Waals surface area contributed by atoms with Gasteiger partial charge in [-0.25, -0.2) is 4.74 Å². The summed E-state index contributed by atoms with van der Waals surface area (Å²) in [5.41, 5.74) is 2.86. The summed E-state index contributed by atoms with van der Waals surface area (Å²) in [5, 5.41) is 12.9. The zero-order valence-corrected chi connectivity index (χ0v) is 13.4. The summed E-state index contributed by atoms with van der Waals surface area (Å²) < 4.78 is 1.24. The molecule has 0 bridgehead atoms. The maximum absolute atomic E-state index is 12.9. The molecular weight excluding hydrogens is 282 g/mol. The summed E-state index contributed by atoms with van der Waals surface area (Å²) in [6, 6.07) is 20.2. The van der Waals surface area contributed by atoms with E-state index in [4.69, 9.17) is 0 Å². The lowest BCUT2D eigenvalue weighted by molar-refractivity contribution is -0.504. The van der Waals surface area contributed by atoms with Crippen molar-refractivity contribution in [1.29, 1.82) is 0 Å². The molecule has 1 fully saturated rings. The summed E-state index contributed by atoms with van der Waals surface area (Å²) in [4.78, 5) is 0. The highest BCUT2D eigenvalue weighted by Gasteiger charge is 2.23. The molecule has 0 amide bonds. The first-order chi connectivity index (χ1) is 11.3. The summed E-state index contributed by atoms with van der Waals surface area (Å²) >= 11 is 0. The Morgan fingerprint density at radius 2 is 1.48 bits per heavy atom. The molecule has 1 saturated carbocycles. The molecule has 0 spiro atoms. The van der Waals surface area contributed by atoms with Crippen molar-refractivity contribution in [3.8, 4) is 0 Å². The SMILES string of the molecule is [O-]/[N+](=C(\C=C\c1ccccc1)c1ccccc1)C1CCCCC1. The summed E-state index contributed by atoms with van der Waals surface area (Å²) in [7, 11) is 0. The van der Waals surface area contributed by atoms with E-state index in [9.17, 15) is 5.21 Å². The minimum atomic E-state index is 0.111. The third-order valence-electron chi connectivity index (χ3n) is 4.45. The fourth-order valence-electron chi connectivity index (χ4n) is 3.16. The number of rotatable bonds is 4. The average molecular weight is 305 g/mol. The van der Waals surface area contributed by atoms with Crippen LogP contribution in [0.5, 0.6) is 0 Å². The molecule has 0 N–H and O–H groups in total. The van der Waals surface area contributed by atoms with E-state index in [-0.39, 0.29) is 6.04 Å². The Hall–Kier alpha value is -2.35. The number of hydrogen-bond donors (Lipinski definition) is 0.